The van der Waals surface area contributed by atoms with E-state index in [1.54, 1.807) is 6.08 Å². The summed E-state index contributed by atoms with van der Waals surface area (Å²) in [5, 5.41) is 0. The molecule has 0 rings (SSSR count). The van der Waals surface area contributed by atoms with Crippen LogP contribution < -0.4 is 0 Å². The molecule has 0 aromatic rings. The number of esters is 3. The summed E-state index contributed by atoms with van der Waals surface area (Å²) in [5.74, 6) is -1.08. The summed E-state index contributed by atoms with van der Waals surface area (Å²) in [4.78, 5) is 38.2. The molecule has 0 spiro atoms. The summed E-state index contributed by atoms with van der Waals surface area (Å²) in [5.41, 5.74) is 0. The van der Waals surface area contributed by atoms with Gasteiger partial charge in [-0.3, -0.25) is 14.4 Å². The molecule has 0 aromatic heterocycles. The van der Waals surface area contributed by atoms with E-state index in [0.717, 1.165) is 103 Å². The molecule has 438 valence electrons. The molecule has 0 bridgehead atoms. The van der Waals surface area contributed by atoms with Crippen molar-refractivity contribution in [3.63, 3.8) is 0 Å². The maximum Gasteiger partial charge on any atom is 0.309 e. The quantitative estimate of drug-likeness (QED) is 0.0261. The number of rotatable bonds is 57. The van der Waals surface area contributed by atoms with Crippen LogP contribution >= 0.6 is 0 Å². The topological polar surface area (TPSA) is 78.9 Å². The van der Waals surface area contributed by atoms with Crippen molar-refractivity contribution in [1.29, 1.82) is 0 Å². The Labute approximate surface area is 475 Å². The largest absolute Gasteiger partial charge is 0.462 e. The molecule has 0 saturated carbocycles. The normalized spacial score (nSPS) is 12.9. The minimum atomic E-state index is -0.839. The Hall–Kier alpha value is -4.19. The number of ether oxygens (including phenoxy) is 3. The Morgan fingerprint density at radius 1 is 0.286 bits per heavy atom. The number of carbonyl (C=O) groups excluding carboxylic acids is 3. The van der Waals surface area contributed by atoms with Gasteiger partial charge in [-0.15, -0.1) is 0 Å². The van der Waals surface area contributed by atoms with Crippen molar-refractivity contribution in [2.45, 2.75) is 297 Å². The van der Waals surface area contributed by atoms with E-state index in [1.807, 2.05) is 6.08 Å². The predicted molar refractivity (Wildman–Crippen MR) is 334 cm³/mol. The van der Waals surface area contributed by atoms with Gasteiger partial charge in [-0.25, -0.2) is 0 Å². The maximum absolute atomic E-state index is 12.9. The van der Waals surface area contributed by atoms with E-state index in [-0.39, 0.29) is 38.0 Å². The molecule has 0 amide bonds. The second kappa shape index (κ2) is 64.3. The lowest BCUT2D eigenvalue weighted by atomic mass is 10.0. The fourth-order valence-corrected chi connectivity index (χ4v) is 8.78. The first-order valence-electron chi connectivity index (χ1n) is 32.0. The molecule has 6 heteroatoms. The van der Waals surface area contributed by atoms with Crippen LogP contribution in [0.3, 0.4) is 0 Å². The van der Waals surface area contributed by atoms with Crippen molar-refractivity contribution in [3.05, 3.63) is 122 Å². The minimum absolute atomic E-state index is 0.117. The fourth-order valence-electron chi connectivity index (χ4n) is 8.78. The van der Waals surface area contributed by atoms with Crippen molar-refractivity contribution in [2.24, 2.45) is 0 Å². The molecule has 0 saturated heterocycles. The van der Waals surface area contributed by atoms with E-state index in [1.165, 1.54) is 141 Å². The molecule has 0 aliphatic heterocycles. The van der Waals surface area contributed by atoms with Crippen LogP contribution in [0, 0.1) is 0 Å². The molecule has 0 heterocycles. The molecule has 0 aliphatic rings. The van der Waals surface area contributed by atoms with Crippen LogP contribution in [0.5, 0.6) is 0 Å². The number of hydrogen-bond acceptors (Lipinski definition) is 6. The maximum atomic E-state index is 12.9. The smallest absolute Gasteiger partial charge is 0.309 e. The SMILES string of the molecule is CC/C=C\C/C=C\C/C=C\C/C=C\C/C=C\CCCCCC(=O)OC(COC(=O)C/C=C\C/C=C\C/C=C\C/C=C\C/C=C\CC)COC(=O)CCCCCCCCCCCCCCCCCCCCCCCCCCC. The third-order valence-electron chi connectivity index (χ3n) is 13.5. The number of unbranched alkanes of at least 4 members (excludes halogenated alkanes) is 27. The first-order chi connectivity index (χ1) is 38.0. The van der Waals surface area contributed by atoms with Crippen LogP contribution in [0.2, 0.25) is 0 Å². The van der Waals surface area contributed by atoms with Gasteiger partial charge in [0.1, 0.15) is 13.2 Å². The van der Waals surface area contributed by atoms with Gasteiger partial charge in [0, 0.05) is 12.8 Å². The Kier molecular flexibility index (Phi) is 60.8. The molecule has 6 nitrogen and oxygen atoms in total. The van der Waals surface area contributed by atoms with Gasteiger partial charge in [0.25, 0.3) is 0 Å². The average molecular weight is 1070 g/mol. The van der Waals surface area contributed by atoms with Gasteiger partial charge < -0.3 is 14.2 Å². The van der Waals surface area contributed by atoms with Crippen LogP contribution in [-0.2, 0) is 28.6 Å². The summed E-state index contributed by atoms with van der Waals surface area (Å²) in [6.45, 7) is 6.32. The van der Waals surface area contributed by atoms with Crippen molar-refractivity contribution in [3.8, 4) is 0 Å². The van der Waals surface area contributed by atoms with E-state index >= 15 is 0 Å². The standard InChI is InChI=1S/C71H118O6/c1-4-7-10-13-16-19-22-25-28-30-32-33-34-35-36-37-39-40-43-46-49-52-55-58-61-64-70(73)76-67-68(66-75-69(72)63-60-57-54-51-48-45-42-27-24-21-18-15-12-9-6-3)77-71(74)65-62-59-56-53-50-47-44-41-38-31-29-26-23-20-17-14-11-8-5-2/h8-9,11-12,17-18,20-21,26-27,29,38,41-42,47-48,50-51,57,60,68H,4-7,10,13-16,19,22-25,28,30-37,39-40,43-46,49,52-56,58-59,61-67H2,1-3H3/b11-8-,12-9-,20-17-,21-18-,29-26-,41-38-,42-27-,50-47-,51-48-,60-57-. The second-order valence-corrected chi connectivity index (χ2v) is 20.9. The van der Waals surface area contributed by atoms with Gasteiger partial charge in [-0.2, -0.15) is 0 Å². The molecular weight excluding hydrogens is 949 g/mol. The summed E-state index contributed by atoms with van der Waals surface area (Å²) in [6.07, 6.45) is 89.6. The Morgan fingerprint density at radius 2 is 0.558 bits per heavy atom. The molecule has 0 aliphatic carbocycles. The molecule has 0 fully saturated rings. The van der Waals surface area contributed by atoms with Crippen LogP contribution in [0.25, 0.3) is 0 Å². The zero-order chi connectivity index (χ0) is 55.7. The lowest BCUT2D eigenvalue weighted by Gasteiger charge is -2.18. The molecule has 77 heavy (non-hydrogen) atoms. The zero-order valence-electron chi connectivity index (χ0n) is 50.2. The van der Waals surface area contributed by atoms with Crippen LogP contribution in [0.1, 0.15) is 290 Å². The van der Waals surface area contributed by atoms with Crippen LogP contribution in [0.4, 0.5) is 0 Å². The minimum Gasteiger partial charge on any atom is -0.462 e. The first kappa shape index (κ1) is 72.8. The van der Waals surface area contributed by atoms with E-state index in [9.17, 15) is 14.4 Å². The van der Waals surface area contributed by atoms with Gasteiger partial charge in [-0.05, 0) is 89.9 Å². The summed E-state index contributed by atoms with van der Waals surface area (Å²) >= 11 is 0. The molecule has 0 N–H and O–H groups in total. The Morgan fingerprint density at radius 3 is 0.909 bits per heavy atom. The summed E-state index contributed by atoms with van der Waals surface area (Å²) < 4.78 is 16.8. The van der Waals surface area contributed by atoms with Gasteiger partial charge in [-0.1, -0.05) is 303 Å². The third kappa shape index (κ3) is 62.5. The molecular formula is C71H118O6. The highest BCUT2D eigenvalue weighted by Gasteiger charge is 2.19. The first-order valence-corrected chi connectivity index (χ1v) is 32.0. The number of allylic oxidation sites excluding steroid dienone is 19. The van der Waals surface area contributed by atoms with Gasteiger partial charge in [0.05, 0.1) is 6.42 Å². The lowest BCUT2D eigenvalue weighted by Crippen LogP contribution is -2.30. The van der Waals surface area contributed by atoms with Gasteiger partial charge in [0.2, 0.25) is 0 Å². The van der Waals surface area contributed by atoms with Crippen LogP contribution in [0.15, 0.2) is 122 Å². The second-order valence-electron chi connectivity index (χ2n) is 20.9. The fraction of sp³-hybridized carbons (Fsp3) is 0.676. The van der Waals surface area contributed by atoms with E-state index in [4.69, 9.17) is 14.2 Å². The van der Waals surface area contributed by atoms with Gasteiger partial charge >= 0.3 is 17.9 Å². The Bertz CT molecular complexity index is 1600. The van der Waals surface area contributed by atoms with Crippen molar-refractivity contribution in [1.82, 2.24) is 0 Å². The highest BCUT2D eigenvalue weighted by molar-refractivity contribution is 5.72. The number of carbonyl (C=O) groups is 3. The highest BCUT2D eigenvalue weighted by Crippen LogP contribution is 2.17. The number of hydrogen-bond donors (Lipinski definition) is 0. The van der Waals surface area contributed by atoms with Crippen molar-refractivity contribution >= 4 is 17.9 Å². The predicted octanol–water partition coefficient (Wildman–Crippen LogP) is 22.0. The van der Waals surface area contributed by atoms with Crippen molar-refractivity contribution < 1.29 is 28.6 Å². The third-order valence-corrected chi connectivity index (χ3v) is 13.5. The molecule has 1 unspecified atom stereocenters. The van der Waals surface area contributed by atoms with Gasteiger partial charge in [0.15, 0.2) is 6.10 Å². The molecule has 1 atom stereocenters. The van der Waals surface area contributed by atoms with Crippen molar-refractivity contribution in [2.75, 3.05) is 13.2 Å². The molecule has 0 radical (unpaired) electrons. The average Bonchev–Trinajstić information content (AvgIpc) is 3.43. The van der Waals surface area contributed by atoms with E-state index in [0.29, 0.717) is 12.8 Å². The zero-order valence-corrected chi connectivity index (χ0v) is 50.2. The van der Waals surface area contributed by atoms with E-state index in [2.05, 4.69) is 130 Å². The summed E-state index contributed by atoms with van der Waals surface area (Å²) in [7, 11) is 0. The summed E-state index contributed by atoms with van der Waals surface area (Å²) in [6, 6.07) is 0. The van der Waals surface area contributed by atoms with E-state index < -0.39 is 12.1 Å². The lowest BCUT2D eigenvalue weighted by molar-refractivity contribution is -0.166. The highest BCUT2D eigenvalue weighted by atomic mass is 16.6. The molecule has 0 aromatic carbocycles. The van der Waals surface area contributed by atoms with Crippen LogP contribution in [-0.4, -0.2) is 37.2 Å². The Balaban J connectivity index is 4.43. The monoisotopic (exact) mass is 1070 g/mol.